The monoisotopic (exact) mass is 310 g/mol. The predicted molar refractivity (Wildman–Crippen MR) is 90.0 cm³/mol. The van der Waals surface area contributed by atoms with Crippen LogP contribution in [0.15, 0.2) is 18.2 Å². The Labute approximate surface area is 136 Å². The van der Waals surface area contributed by atoms with Gasteiger partial charge < -0.3 is 4.57 Å². The molecule has 1 aliphatic rings. The Morgan fingerprint density at radius 2 is 2.13 bits per heavy atom. The molecule has 5 nitrogen and oxygen atoms in total. The van der Waals surface area contributed by atoms with Crippen LogP contribution in [0.2, 0.25) is 0 Å². The minimum Gasteiger partial charge on any atom is -0.307 e. The highest BCUT2D eigenvalue weighted by Crippen LogP contribution is 2.37. The molecule has 2 aromatic rings. The van der Waals surface area contributed by atoms with E-state index in [1.54, 1.807) is 6.07 Å². The number of carbonyl (C=O) groups excluding carboxylic acids is 1. The summed E-state index contributed by atoms with van der Waals surface area (Å²) in [5.74, 6) is 0.815. The second-order valence-corrected chi connectivity index (χ2v) is 6.73. The minimum atomic E-state index is -0.0701. The summed E-state index contributed by atoms with van der Waals surface area (Å²) < 4.78 is 2.10. The quantitative estimate of drug-likeness (QED) is 0.932. The van der Waals surface area contributed by atoms with Gasteiger partial charge in [-0.1, -0.05) is 20.8 Å². The number of nitrogens with zero attached hydrogens (tertiary/aromatic N) is 3. The van der Waals surface area contributed by atoms with Crippen LogP contribution in [0, 0.1) is 23.2 Å². The lowest BCUT2D eigenvalue weighted by Crippen LogP contribution is -2.27. The molecule has 1 heterocycles. The first kappa shape index (κ1) is 15.5. The van der Waals surface area contributed by atoms with E-state index >= 15 is 0 Å². The fourth-order valence-corrected chi connectivity index (χ4v) is 2.79. The fraction of sp³-hybridized carbons (Fsp3) is 0.500. The molecule has 1 unspecified atom stereocenters. The molecule has 0 saturated heterocycles. The largest absolute Gasteiger partial charge is 0.307 e. The van der Waals surface area contributed by atoms with E-state index in [2.05, 4.69) is 20.9 Å². The molecule has 1 aliphatic carbocycles. The molecule has 1 amide bonds. The molecule has 5 heteroatoms. The summed E-state index contributed by atoms with van der Waals surface area (Å²) in [4.78, 5) is 17.0. The van der Waals surface area contributed by atoms with E-state index in [1.165, 1.54) is 6.42 Å². The van der Waals surface area contributed by atoms with Crippen LogP contribution in [0.1, 0.15) is 51.6 Å². The van der Waals surface area contributed by atoms with E-state index in [1.807, 2.05) is 32.9 Å². The first-order valence-electron chi connectivity index (χ1n) is 8.24. The van der Waals surface area contributed by atoms with Crippen molar-refractivity contribution in [3.8, 4) is 6.07 Å². The van der Waals surface area contributed by atoms with Crippen LogP contribution < -0.4 is 5.32 Å². The SMILES string of the molecule is CC(C)C(C)C(=O)Nc1nc2ccc(C#N)cc2n1C1CCC1. The zero-order valence-electron chi connectivity index (χ0n) is 13.8. The Hall–Kier alpha value is -2.35. The molecule has 1 N–H and O–H groups in total. The summed E-state index contributed by atoms with van der Waals surface area (Å²) in [5, 5.41) is 12.1. The number of anilines is 1. The van der Waals surface area contributed by atoms with Crippen molar-refractivity contribution in [1.82, 2.24) is 9.55 Å². The number of hydrogen-bond donors (Lipinski definition) is 1. The van der Waals surface area contributed by atoms with Gasteiger partial charge in [-0.05, 0) is 43.4 Å². The summed E-state index contributed by atoms with van der Waals surface area (Å²) in [6.07, 6.45) is 3.37. The molecule has 1 atom stereocenters. The molecule has 120 valence electrons. The van der Waals surface area contributed by atoms with Gasteiger partial charge in [0.25, 0.3) is 0 Å². The third kappa shape index (κ3) is 2.81. The number of aromatic nitrogens is 2. The van der Waals surface area contributed by atoms with Crippen molar-refractivity contribution in [3.63, 3.8) is 0 Å². The number of fused-ring (bicyclic) bond motifs is 1. The summed E-state index contributed by atoms with van der Waals surface area (Å²) in [6.45, 7) is 6.01. The Balaban J connectivity index is 2.02. The van der Waals surface area contributed by atoms with Gasteiger partial charge in [-0.25, -0.2) is 4.98 Å². The average molecular weight is 310 g/mol. The van der Waals surface area contributed by atoms with Crippen molar-refractivity contribution < 1.29 is 4.79 Å². The van der Waals surface area contributed by atoms with Gasteiger partial charge in [0.15, 0.2) is 0 Å². The summed E-state index contributed by atoms with van der Waals surface area (Å²) in [6, 6.07) is 8.02. The van der Waals surface area contributed by atoms with Gasteiger partial charge in [0, 0.05) is 12.0 Å². The Kier molecular flexibility index (Phi) is 4.08. The number of nitriles is 1. The molecule has 1 fully saturated rings. The van der Waals surface area contributed by atoms with E-state index in [4.69, 9.17) is 5.26 Å². The Morgan fingerprint density at radius 3 is 2.70 bits per heavy atom. The second-order valence-electron chi connectivity index (χ2n) is 6.73. The van der Waals surface area contributed by atoms with Gasteiger partial charge in [-0.15, -0.1) is 0 Å². The molecule has 0 radical (unpaired) electrons. The normalized spacial score (nSPS) is 16.1. The molecule has 0 aliphatic heterocycles. The smallest absolute Gasteiger partial charge is 0.229 e. The summed E-state index contributed by atoms with van der Waals surface area (Å²) in [7, 11) is 0. The standard InChI is InChI=1S/C18H22N4O/c1-11(2)12(3)17(23)21-18-20-15-8-7-13(10-19)9-16(15)22(18)14-5-4-6-14/h7-9,11-12,14H,4-6H2,1-3H3,(H,20,21,23). The molecular formula is C18H22N4O. The maximum atomic E-state index is 12.4. The van der Waals surface area contributed by atoms with Gasteiger partial charge in [0.1, 0.15) is 0 Å². The number of imidazole rings is 1. The maximum absolute atomic E-state index is 12.4. The Morgan fingerprint density at radius 1 is 1.39 bits per heavy atom. The highest BCUT2D eigenvalue weighted by atomic mass is 16.2. The molecule has 0 spiro atoms. The van der Waals surface area contributed by atoms with Crippen molar-refractivity contribution in [1.29, 1.82) is 5.26 Å². The summed E-state index contributed by atoms with van der Waals surface area (Å²) in [5.41, 5.74) is 2.37. The van der Waals surface area contributed by atoms with E-state index in [0.717, 1.165) is 23.9 Å². The summed E-state index contributed by atoms with van der Waals surface area (Å²) >= 11 is 0. The van der Waals surface area contributed by atoms with Crippen molar-refractivity contribution >= 4 is 22.9 Å². The number of carbonyl (C=O) groups is 1. The molecule has 1 saturated carbocycles. The van der Waals surface area contributed by atoms with Crippen LogP contribution in [-0.4, -0.2) is 15.5 Å². The van der Waals surface area contributed by atoms with Gasteiger partial charge in [0.05, 0.1) is 22.7 Å². The average Bonchev–Trinajstić information content (AvgIpc) is 2.82. The molecule has 1 aromatic carbocycles. The lowest BCUT2D eigenvalue weighted by Gasteiger charge is -2.29. The number of rotatable bonds is 4. The van der Waals surface area contributed by atoms with Crippen LogP contribution in [0.25, 0.3) is 11.0 Å². The molecule has 0 bridgehead atoms. The predicted octanol–water partition coefficient (Wildman–Crippen LogP) is 3.86. The van der Waals surface area contributed by atoms with Crippen LogP contribution in [0.3, 0.4) is 0 Å². The van der Waals surface area contributed by atoms with Crippen molar-refractivity contribution in [2.45, 2.75) is 46.1 Å². The third-order valence-electron chi connectivity index (χ3n) is 4.91. The third-order valence-corrected chi connectivity index (χ3v) is 4.91. The number of amides is 1. The first-order chi connectivity index (χ1) is 11.0. The second kappa shape index (κ2) is 6.04. The van der Waals surface area contributed by atoms with Gasteiger partial charge in [-0.2, -0.15) is 5.26 Å². The molecule has 1 aromatic heterocycles. The minimum absolute atomic E-state index is 0.00335. The van der Waals surface area contributed by atoms with Gasteiger partial charge >= 0.3 is 0 Å². The lowest BCUT2D eigenvalue weighted by atomic mass is 9.92. The molecule has 3 rings (SSSR count). The van der Waals surface area contributed by atoms with Crippen molar-refractivity contribution in [2.75, 3.05) is 5.32 Å². The van der Waals surface area contributed by atoms with Gasteiger partial charge in [-0.3, -0.25) is 10.1 Å². The Bertz CT molecular complexity index is 780. The zero-order valence-corrected chi connectivity index (χ0v) is 13.8. The van der Waals surface area contributed by atoms with Crippen molar-refractivity contribution in [2.24, 2.45) is 11.8 Å². The lowest BCUT2D eigenvalue weighted by molar-refractivity contribution is -0.120. The van der Waals surface area contributed by atoms with E-state index in [0.29, 0.717) is 17.6 Å². The molecular weight excluding hydrogens is 288 g/mol. The number of benzene rings is 1. The van der Waals surface area contributed by atoms with E-state index in [9.17, 15) is 4.79 Å². The van der Waals surface area contributed by atoms with Crippen LogP contribution in [-0.2, 0) is 4.79 Å². The zero-order chi connectivity index (χ0) is 16.6. The molecule has 23 heavy (non-hydrogen) atoms. The van der Waals surface area contributed by atoms with Crippen LogP contribution in [0.5, 0.6) is 0 Å². The maximum Gasteiger partial charge on any atom is 0.229 e. The number of hydrogen-bond acceptors (Lipinski definition) is 3. The highest BCUT2D eigenvalue weighted by molar-refractivity contribution is 5.93. The number of nitrogens with one attached hydrogen (secondary N) is 1. The van der Waals surface area contributed by atoms with E-state index < -0.39 is 0 Å². The topological polar surface area (TPSA) is 70.7 Å². The van der Waals surface area contributed by atoms with Crippen LogP contribution in [0.4, 0.5) is 5.95 Å². The fourth-order valence-electron chi connectivity index (χ4n) is 2.79. The van der Waals surface area contributed by atoms with E-state index in [-0.39, 0.29) is 17.7 Å². The van der Waals surface area contributed by atoms with Crippen LogP contribution >= 0.6 is 0 Å². The van der Waals surface area contributed by atoms with Crippen molar-refractivity contribution in [3.05, 3.63) is 23.8 Å². The highest BCUT2D eigenvalue weighted by Gasteiger charge is 2.27. The first-order valence-corrected chi connectivity index (χ1v) is 8.24. The van der Waals surface area contributed by atoms with Gasteiger partial charge in [0.2, 0.25) is 11.9 Å².